The Morgan fingerprint density at radius 2 is 1.76 bits per heavy atom. The summed E-state index contributed by atoms with van der Waals surface area (Å²) in [5.74, 6) is -1.16. The van der Waals surface area contributed by atoms with Crippen molar-refractivity contribution < 1.29 is 33.3 Å². The van der Waals surface area contributed by atoms with Crippen molar-refractivity contribution in [2.75, 3.05) is 38.9 Å². The van der Waals surface area contributed by atoms with Crippen molar-refractivity contribution in [3.8, 4) is 5.75 Å². The summed E-state index contributed by atoms with van der Waals surface area (Å²) in [6.07, 6.45) is 0. The van der Waals surface area contributed by atoms with Crippen molar-refractivity contribution in [2.24, 2.45) is 0 Å². The number of nitrogens with one attached hydrogen (secondary N) is 1. The lowest BCUT2D eigenvalue weighted by atomic mass is 10.1. The molecule has 156 valence electrons. The smallest absolute Gasteiger partial charge is 0.348 e. The van der Waals surface area contributed by atoms with E-state index in [0.29, 0.717) is 11.3 Å². The van der Waals surface area contributed by atoms with Crippen LogP contribution >= 0.6 is 11.3 Å². The number of hydrogen-bond acceptors (Lipinski definition) is 8. The number of benzene rings is 1. The number of amides is 1. The molecule has 0 aliphatic carbocycles. The summed E-state index contributed by atoms with van der Waals surface area (Å²) < 4.78 is 20.5. The molecule has 0 aliphatic heterocycles. The van der Waals surface area contributed by atoms with Gasteiger partial charge in [0.2, 0.25) is 0 Å². The number of carbonyl (C=O) groups excluding carboxylic acids is 3. The molecule has 0 aliphatic rings. The zero-order valence-electron chi connectivity index (χ0n) is 16.5. The third kappa shape index (κ3) is 6.30. The molecule has 2 rings (SSSR count). The Labute approximate surface area is 172 Å². The molecule has 1 aromatic carbocycles. The molecule has 1 amide bonds. The largest absolute Gasteiger partial charge is 0.484 e. The third-order valence-corrected chi connectivity index (χ3v) is 4.89. The zero-order chi connectivity index (χ0) is 21.2. The van der Waals surface area contributed by atoms with Crippen LogP contribution in [0.25, 0.3) is 0 Å². The van der Waals surface area contributed by atoms with Gasteiger partial charge in [0.15, 0.2) is 6.61 Å². The summed E-state index contributed by atoms with van der Waals surface area (Å²) in [5, 5.41) is 2.83. The van der Waals surface area contributed by atoms with Crippen LogP contribution in [0.15, 0.2) is 30.3 Å². The summed E-state index contributed by atoms with van der Waals surface area (Å²) in [5.41, 5.74) is 0.513. The predicted molar refractivity (Wildman–Crippen MR) is 108 cm³/mol. The third-order valence-electron chi connectivity index (χ3n) is 3.70. The van der Waals surface area contributed by atoms with E-state index in [1.807, 2.05) is 6.07 Å². The second kappa shape index (κ2) is 11.2. The average molecular weight is 421 g/mol. The molecule has 2 aromatic rings. The number of methoxy groups -OCH3 is 1. The van der Waals surface area contributed by atoms with Crippen LogP contribution in [0.3, 0.4) is 0 Å². The van der Waals surface area contributed by atoms with E-state index >= 15 is 0 Å². The van der Waals surface area contributed by atoms with E-state index in [1.54, 1.807) is 38.1 Å². The van der Waals surface area contributed by atoms with Crippen LogP contribution in [-0.4, -0.2) is 51.4 Å². The van der Waals surface area contributed by atoms with Crippen molar-refractivity contribution in [1.29, 1.82) is 0 Å². The minimum absolute atomic E-state index is 0.0774. The maximum Gasteiger partial charge on any atom is 0.348 e. The van der Waals surface area contributed by atoms with Gasteiger partial charge in [-0.25, -0.2) is 9.59 Å². The first-order valence-electron chi connectivity index (χ1n) is 8.92. The fourth-order valence-electron chi connectivity index (χ4n) is 2.36. The highest BCUT2D eigenvalue weighted by molar-refractivity contribution is 7.18. The van der Waals surface area contributed by atoms with Crippen LogP contribution in [-0.2, 0) is 19.0 Å². The first-order valence-corrected chi connectivity index (χ1v) is 9.73. The minimum Gasteiger partial charge on any atom is -0.484 e. The molecule has 1 aromatic heterocycles. The van der Waals surface area contributed by atoms with E-state index in [1.165, 1.54) is 7.11 Å². The molecule has 0 bridgehead atoms. The summed E-state index contributed by atoms with van der Waals surface area (Å²) in [6.45, 7) is 3.51. The maximum atomic E-state index is 12.4. The highest BCUT2D eigenvalue weighted by Gasteiger charge is 2.27. The van der Waals surface area contributed by atoms with Crippen molar-refractivity contribution in [1.82, 2.24) is 0 Å². The van der Waals surface area contributed by atoms with E-state index in [4.69, 9.17) is 18.9 Å². The van der Waals surface area contributed by atoms with Gasteiger partial charge in [-0.15, -0.1) is 11.3 Å². The first-order chi connectivity index (χ1) is 14.0. The van der Waals surface area contributed by atoms with Crippen LogP contribution in [0.2, 0.25) is 0 Å². The maximum absolute atomic E-state index is 12.4. The van der Waals surface area contributed by atoms with Gasteiger partial charge in [-0.05, 0) is 31.5 Å². The Balaban J connectivity index is 2.17. The second-order valence-corrected chi connectivity index (χ2v) is 6.78. The molecule has 1 N–H and O–H groups in total. The van der Waals surface area contributed by atoms with Gasteiger partial charge in [0.25, 0.3) is 5.91 Å². The molecule has 9 heteroatoms. The zero-order valence-corrected chi connectivity index (χ0v) is 17.3. The Morgan fingerprint density at radius 3 is 2.41 bits per heavy atom. The summed E-state index contributed by atoms with van der Waals surface area (Å²) >= 11 is 0.953. The normalized spacial score (nSPS) is 10.3. The molecule has 1 heterocycles. The van der Waals surface area contributed by atoms with Gasteiger partial charge in [0.1, 0.15) is 22.2 Å². The molecule has 0 atom stereocenters. The fraction of sp³-hybridized carbons (Fsp3) is 0.350. The number of thiophene rings is 1. The lowest BCUT2D eigenvalue weighted by Gasteiger charge is -2.08. The first kappa shape index (κ1) is 22.4. The Morgan fingerprint density at radius 1 is 1.03 bits per heavy atom. The fourth-order valence-corrected chi connectivity index (χ4v) is 3.46. The van der Waals surface area contributed by atoms with Crippen molar-refractivity contribution in [3.63, 3.8) is 0 Å². The molecular formula is C20H23NO7S. The second-order valence-electron chi connectivity index (χ2n) is 5.76. The molecule has 0 spiro atoms. The Kier molecular flexibility index (Phi) is 8.63. The quantitative estimate of drug-likeness (QED) is 0.465. The molecule has 0 radical (unpaired) electrons. The lowest BCUT2D eigenvalue weighted by Crippen LogP contribution is -2.21. The molecule has 0 saturated carbocycles. The van der Waals surface area contributed by atoms with E-state index in [0.717, 1.165) is 11.3 Å². The number of carbonyl (C=O) groups is 3. The van der Waals surface area contributed by atoms with E-state index in [9.17, 15) is 14.4 Å². The Bertz CT molecular complexity index is 848. The average Bonchev–Trinajstić information content (AvgIpc) is 3.03. The van der Waals surface area contributed by atoms with Gasteiger partial charge in [0.05, 0.1) is 18.8 Å². The number of para-hydroxylation sites is 1. The van der Waals surface area contributed by atoms with Crippen LogP contribution in [0, 0.1) is 6.92 Å². The SMILES string of the molecule is CCOC(=O)c1c(NC(=O)COc2ccccc2)sc(C(=O)OCCOC)c1C. The standard InChI is InChI=1S/C20H23NO7S/c1-4-26-19(23)16-13(2)17(20(24)27-11-10-25-3)29-18(16)21-15(22)12-28-14-8-6-5-7-9-14/h5-9H,4,10-12H2,1-3H3,(H,21,22). The van der Waals surface area contributed by atoms with Crippen LogP contribution in [0.1, 0.15) is 32.5 Å². The number of esters is 2. The van der Waals surface area contributed by atoms with E-state index in [-0.39, 0.29) is 41.9 Å². The van der Waals surface area contributed by atoms with Crippen molar-refractivity contribution in [2.45, 2.75) is 13.8 Å². The van der Waals surface area contributed by atoms with Gasteiger partial charge in [-0.1, -0.05) is 18.2 Å². The number of anilines is 1. The minimum atomic E-state index is -0.628. The highest BCUT2D eigenvalue weighted by atomic mass is 32.1. The van der Waals surface area contributed by atoms with Crippen LogP contribution < -0.4 is 10.1 Å². The van der Waals surface area contributed by atoms with Gasteiger partial charge >= 0.3 is 11.9 Å². The van der Waals surface area contributed by atoms with Gasteiger partial charge < -0.3 is 24.3 Å². The van der Waals surface area contributed by atoms with Crippen molar-refractivity contribution >= 4 is 34.2 Å². The van der Waals surface area contributed by atoms with Gasteiger partial charge in [0, 0.05) is 7.11 Å². The summed E-state index contributed by atoms with van der Waals surface area (Å²) in [4.78, 5) is 37.2. The number of ether oxygens (including phenoxy) is 4. The monoisotopic (exact) mass is 421 g/mol. The molecule has 8 nitrogen and oxygen atoms in total. The molecule has 0 fully saturated rings. The highest BCUT2D eigenvalue weighted by Crippen LogP contribution is 2.34. The Hall–Kier alpha value is -2.91. The topological polar surface area (TPSA) is 100 Å². The molecule has 0 saturated heterocycles. The van der Waals surface area contributed by atoms with E-state index < -0.39 is 17.8 Å². The van der Waals surface area contributed by atoms with Gasteiger partial charge in [-0.3, -0.25) is 4.79 Å². The molecule has 29 heavy (non-hydrogen) atoms. The number of hydrogen-bond donors (Lipinski definition) is 1. The van der Waals surface area contributed by atoms with Gasteiger partial charge in [-0.2, -0.15) is 0 Å². The summed E-state index contributed by atoms with van der Waals surface area (Å²) in [7, 11) is 1.49. The summed E-state index contributed by atoms with van der Waals surface area (Å²) in [6, 6.07) is 8.86. The lowest BCUT2D eigenvalue weighted by molar-refractivity contribution is -0.118. The van der Waals surface area contributed by atoms with Crippen molar-refractivity contribution in [3.05, 3.63) is 46.3 Å². The molecular weight excluding hydrogens is 398 g/mol. The molecule has 0 unspecified atom stereocenters. The van der Waals surface area contributed by atoms with Crippen LogP contribution in [0.5, 0.6) is 5.75 Å². The predicted octanol–water partition coefficient (Wildman–Crippen LogP) is 3.05. The van der Waals surface area contributed by atoms with Crippen LogP contribution in [0.4, 0.5) is 5.00 Å². The van der Waals surface area contributed by atoms with E-state index in [2.05, 4.69) is 5.32 Å². The number of rotatable bonds is 10.